The molecule has 0 saturated carbocycles. The SMILES string of the molecule is CC(C)(C)c1ccc(NC(=O)C2=CCN(c3ccccn3)CC2Cl)cc1. The minimum atomic E-state index is -0.375. The number of aromatic nitrogens is 1. The zero-order valence-corrected chi connectivity index (χ0v) is 16.1. The second-order valence-corrected chi connectivity index (χ2v) is 8.03. The minimum absolute atomic E-state index is 0.0879. The third-order valence-electron chi connectivity index (χ3n) is 4.49. The minimum Gasteiger partial charge on any atom is -0.351 e. The van der Waals surface area contributed by atoms with Crippen molar-refractivity contribution >= 4 is 29.0 Å². The van der Waals surface area contributed by atoms with Crippen molar-refractivity contribution in [3.63, 3.8) is 0 Å². The van der Waals surface area contributed by atoms with Crippen molar-refractivity contribution in [2.75, 3.05) is 23.3 Å². The van der Waals surface area contributed by atoms with E-state index in [1.807, 2.05) is 48.5 Å². The maximum atomic E-state index is 12.6. The third kappa shape index (κ3) is 4.25. The van der Waals surface area contributed by atoms with Crippen LogP contribution in [0, 0.1) is 0 Å². The first-order chi connectivity index (χ1) is 12.3. The van der Waals surface area contributed by atoms with Gasteiger partial charge < -0.3 is 10.2 Å². The second-order valence-electron chi connectivity index (χ2n) is 7.50. The van der Waals surface area contributed by atoms with E-state index in [0.29, 0.717) is 18.7 Å². The predicted molar refractivity (Wildman–Crippen MR) is 108 cm³/mol. The molecular weight excluding hydrogens is 346 g/mol. The summed E-state index contributed by atoms with van der Waals surface area (Å²) in [6.45, 7) is 7.67. The number of halogens is 1. The molecule has 3 rings (SSSR count). The number of hydrogen-bond acceptors (Lipinski definition) is 3. The van der Waals surface area contributed by atoms with Gasteiger partial charge in [0.2, 0.25) is 0 Å². The summed E-state index contributed by atoms with van der Waals surface area (Å²) in [7, 11) is 0. The Hall–Kier alpha value is -2.33. The van der Waals surface area contributed by atoms with Crippen LogP contribution in [0.25, 0.3) is 0 Å². The zero-order valence-electron chi connectivity index (χ0n) is 15.4. The highest BCUT2D eigenvalue weighted by atomic mass is 35.5. The largest absolute Gasteiger partial charge is 0.351 e. The van der Waals surface area contributed by atoms with Gasteiger partial charge in [-0.05, 0) is 35.2 Å². The van der Waals surface area contributed by atoms with Gasteiger partial charge in [-0.15, -0.1) is 11.6 Å². The average molecular weight is 370 g/mol. The van der Waals surface area contributed by atoms with Crippen molar-refractivity contribution in [2.45, 2.75) is 31.6 Å². The Morgan fingerprint density at radius 2 is 1.92 bits per heavy atom. The fourth-order valence-corrected chi connectivity index (χ4v) is 3.28. The third-order valence-corrected chi connectivity index (χ3v) is 4.87. The summed E-state index contributed by atoms with van der Waals surface area (Å²) in [5, 5.41) is 2.57. The molecule has 26 heavy (non-hydrogen) atoms. The van der Waals surface area contributed by atoms with Crippen molar-refractivity contribution in [1.29, 1.82) is 0 Å². The zero-order chi connectivity index (χ0) is 18.7. The molecule has 0 fully saturated rings. The van der Waals surface area contributed by atoms with Crippen LogP contribution in [0.4, 0.5) is 11.5 Å². The number of carbonyl (C=O) groups excluding carboxylic acids is 1. The van der Waals surface area contributed by atoms with Gasteiger partial charge in [0, 0.05) is 30.5 Å². The number of nitrogens with one attached hydrogen (secondary N) is 1. The lowest BCUT2D eigenvalue weighted by Crippen LogP contribution is -2.39. The molecule has 1 aromatic carbocycles. The lowest BCUT2D eigenvalue weighted by Gasteiger charge is -2.30. The summed E-state index contributed by atoms with van der Waals surface area (Å²) < 4.78 is 0. The molecule has 4 nitrogen and oxygen atoms in total. The van der Waals surface area contributed by atoms with Gasteiger partial charge in [-0.25, -0.2) is 4.98 Å². The molecule has 2 heterocycles. The van der Waals surface area contributed by atoms with Crippen LogP contribution in [0.15, 0.2) is 60.3 Å². The number of anilines is 2. The van der Waals surface area contributed by atoms with E-state index in [9.17, 15) is 4.79 Å². The molecule has 1 aliphatic heterocycles. The number of alkyl halides is 1. The molecule has 1 N–H and O–H groups in total. The summed E-state index contributed by atoms with van der Waals surface area (Å²) in [6.07, 6.45) is 3.64. The molecule has 1 unspecified atom stereocenters. The number of benzene rings is 1. The van der Waals surface area contributed by atoms with Crippen LogP contribution in [0.1, 0.15) is 26.3 Å². The van der Waals surface area contributed by atoms with Crippen LogP contribution in [-0.4, -0.2) is 29.4 Å². The summed E-state index contributed by atoms with van der Waals surface area (Å²) in [6, 6.07) is 13.7. The molecule has 0 radical (unpaired) electrons. The van der Waals surface area contributed by atoms with Crippen molar-refractivity contribution in [2.24, 2.45) is 0 Å². The molecular formula is C21H24ClN3O. The maximum absolute atomic E-state index is 12.6. The Labute approximate surface area is 159 Å². The summed E-state index contributed by atoms with van der Waals surface area (Å²) >= 11 is 6.47. The van der Waals surface area contributed by atoms with E-state index in [1.54, 1.807) is 6.20 Å². The molecule has 1 atom stereocenters. The second kappa shape index (κ2) is 7.50. The van der Waals surface area contributed by atoms with Crippen LogP contribution < -0.4 is 10.2 Å². The normalized spacial score (nSPS) is 17.6. The van der Waals surface area contributed by atoms with Crippen LogP contribution >= 0.6 is 11.6 Å². The van der Waals surface area contributed by atoms with Crippen molar-refractivity contribution in [3.8, 4) is 0 Å². The number of nitrogens with zero attached hydrogens (tertiary/aromatic N) is 2. The summed E-state index contributed by atoms with van der Waals surface area (Å²) in [5.74, 6) is 0.723. The van der Waals surface area contributed by atoms with Gasteiger partial charge in [-0.2, -0.15) is 0 Å². The van der Waals surface area contributed by atoms with Gasteiger partial charge in [0.25, 0.3) is 5.91 Å². The fraction of sp³-hybridized carbons (Fsp3) is 0.333. The lowest BCUT2D eigenvalue weighted by atomic mass is 9.87. The molecule has 5 heteroatoms. The Balaban J connectivity index is 1.67. The smallest absolute Gasteiger partial charge is 0.252 e. The molecule has 136 valence electrons. The van der Waals surface area contributed by atoms with E-state index in [2.05, 4.69) is 36.0 Å². The topological polar surface area (TPSA) is 45.2 Å². The van der Waals surface area contributed by atoms with Gasteiger partial charge in [0.05, 0.1) is 5.38 Å². The highest BCUT2D eigenvalue weighted by Crippen LogP contribution is 2.25. The van der Waals surface area contributed by atoms with Crippen LogP contribution in [0.3, 0.4) is 0 Å². The molecule has 1 aliphatic rings. The standard InChI is InChI=1S/C21H24ClN3O/c1-21(2,3)15-7-9-16(10-8-15)24-20(26)17-11-13-25(14-18(17)22)19-6-4-5-12-23-19/h4-12,18H,13-14H2,1-3H3,(H,24,26). The Morgan fingerprint density at radius 3 is 2.50 bits per heavy atom. The number of hydrogen-bond donors (Lipinski definition) is 1. The van der Waals surface area contributed by atoms with E-state index in [1.165, 1.54) is 5.56 Å². The van der Waals surface area contributed by atoms with Crippen LogP contribution in [-0.2, 0) is 10.2 Å². The average Bonchev–Trinajstić information content (AvgIpc) is 2.62. The maximum Gasteiger partial charge on any atom is 0.252 e. The first-order valence-electron chi connectivity index (χ1n) is 8.76. The molecule has 0 bridgehead atoms. The number of rotatable bonds is 3. The van der Waals surface area contributed by atoms with Crippen molar-refractivity contribution in [1.82, 2.24) is 4.98 Å². The first kappa shape index (κ1) is 18.5. The van der Waals surface area contributed by atoms with Gasteiger partial charge in [-0.1, -0.05) is 45.0 Å². The van der Waals surface area contributed by atoms with E-state index in [-0.39, 0.29) is 16.7 Å². The number of pyridine rings is 1. The molecule has 0 saturated heterocycles. The van der Waals surface area contributed by atoms with Crippen LogP contribution in [0.2, 0.25) is 0 Å². The first-order valence-corrected chi connectivity index (χ1v) is 9.20. The van der Waals surface area contributed by atoms with E-state index >= 15 is 0 Å². The molecule has 1 amide bonds. The highest BCUT2D eigenvalue weighted by Gasteiger charge is 2.26. The van der Waals surface area contributed by atoms with Gasteiger partial charge in [-0.3, -0.25) is 4.79 Å². The molecule has 0 aliphatic carbocycles. The summed E-state index contributed by atoms with van der Waals surface area (Å²) in [5.41, 5.74) is 2.71. The lowest BCUT2D eigenvalue weighted by molar-refractivity contribution is -0.113. The van der Waals surface area contributed by atoms with Crippen molar-refractivity contribution in [3.05, 3.63) is 65.9 Å². The number of amides is 1. The Morgan fingerprint density at radius 1 is 1.19 bits per heavy atom. The summed E-state index contributed by atoms with van der Waals surface area (Å²) in [4.78, 5) is 19.0. The Bertz CT molecular complexity index is 794. The Kier molecular flexibility index (Phi) is 5.33. The fourth-order valence-electron chi connectivity index (χ4n) is 2.92. The highest BCUT2D eigenvalue weighted by molar-refractivity contribution is 6.27. The van der Waals surface area contributed by atoms with E-state index < -0.39 is 0 Å². The molecule has 2 aromatic rings. The monoisotopic (exact) mass is 369 g/mol. The van der Waals surface area contributed by atoms with Crippen molar-refractivity contribution < 1.29 is 4.79 Å². The molecule has 0 spiro atoms. The van der Waals surface area contributed by atoms with Gasteiger partial charge in [0.15, 0.2) is 0 Å². The van der Waals surface area contributed by atoms with E-state index in [4.69, 9.17) is 11.6 Å². The van der Waals surface area contributed by atoms with E-state index in [0.717, 1.165) is 11.5 Å². The number of carbonyl (C=O) groups is 1. The van der Waals surface area contributed by atoms with Crippen LogP contribution in [0.5, 0.6) is 0 Å². The van der Waals surface area contributed by atoms with Gasteiger partial charge >= 0.3 is 0 Å². The van der Waals surface area contributed by atoms with Gasteiger partial charge in [0.1, 0.15) is 5.82 Å². The predicted octanol–water partition coefficient (Wildman–Crippen LogP) is 4.37. The quantitative estimate of drug-likeness (QED) is 0.817. The molecule has 1 aromatic heterocycles.